The molecule has 0 amide bonds. The summed E-state index contributed by atoms with van der Waals surface area (Å²) < 4.78 is 6.82. The zero-order valence-corrected chi connectivity index (χ0v) is 16.2. The fourth-order valence-electron chi connectivity index (χ4n) is 2.90. The van der Waals surface area contributed by atoms with Gasteiger partial charge in [-0.1, -0.05) is 42.0 Å². The topological polar surface area (TPSA) is 72.4 Å². The number of nitrogens with one attached hydrogen (secondary N) is 1. The Hall–Kier alpha value is -3.93. The van der Waals surface area contributed by atoms with E-state index in [0.29, 0.717) is 22.6 Å². The average molecular weight is 384 g/mol. The third-order valence-corrected chi connectivity index (χ3v) is 4.56. The monoisotopic (exact) mass is 384 g/mol. The molecule has 0 spiro atoms. The van der Waals surface area contributed by atoms with Crippen LogP contribution in [-0.4, -0.2) is 15.3 Å². The van der Waals surface area contributed by atoms with Crippen molar-refractivity contribution < 1.29 is 4.42 Å². The summed E-state index contributed by atoms with van der Waals surface area (Å²) in [6.07, 6.45) is 5.32. The number of aromatic nitrogens is 2. The second-order valence-electron chi connectivity index (χ2n) is 6.64. The summed E-state index contributed by atoms with van der Waals surface area (Å²) in [5.74, 6) is 1.09. The highest BCUT2D eigenvalue weighted by Gasteiger charge is 2.08. The summed E-state index contributed by atoms with van der Waals surface area (Å²) in [6, 6.07) is 19.0. The molecular weight excluding hydrogens is 364 g/mol. The predicted molar refractivity (Wildman–Crippen MR) is 116 cm³/mol. The lowest BCUT2D eigenvalue weighted by molar-refractivity contribution is 0.557. The Morgan fingerprint density at radius 1 is 1.10 bits per heavy atom. The van der Waals surface area contributed by atoms with Crippen LogP contribution < -0.4 is 11.0 Å². The van der Waals surface area contributed by atoms with Crippen molar-refractivity contribution in [2.75, 3.05) is 5.43 Å². The summed E-state index contributed by atoms with van der Waals surface area (Å²) in [6.45, 7) is 2.03. The molecule has 0 atom stereocenters. The maximum absolute atomic E-state index is 12.6. The Kier molecular flexibility index (Phi) is 5.07. The van der Waals surface area contributed by atoms with Gasteiger partial charge in [0.25, 0.3) is 5.56 Å². The number of allylic oxidation sites excluding steroid dienone is 1. The number of hydrogen-bond donors (Lipinski definition) is 1. The van der Waals surface area contributed by atoms with E-state index < -0.39 is 0 Å². The number of hydrazone groups is 1. The normalized spacial score (nSPS) is 12.0. The molecule has 4 rings (SSSR count). The van der Waals surface area contributed by atoms with Crippen molar-refractivity contribution in [1.29, 1.82) is 0 Å². The molecule has 0 aliphatic rings. The van der Waals surface area contributed by atoms with Gasteiger partial charge in [-0.15, -0.1) is 0 Å². The van der Waals surface area contributed by atoms with Crippen LogP contribution in [0.4, 0.5) is 5.95 Å². The van der Waals surface area contributed by atoms with Gasteiger partial charge in [0.2, 0.25) is 5.95 Å². The van der Waals surface area contributed by atoms with E-state index in [1.165, 1.54) is 4.57 Å². The zero-order chi connectivity index (χ0) is 20.2. The standard InChI is InChI=1S/C23H20N4O2/c1-16-9-11-17(12-10-16)20(14-13-18-6-5-15-29-18)25-26-23-24-21-8-4-3-7-19(21)22(28)27(23)2/h3-15H,1-2H3,(H,24,26)/b14-13+,25-20-. The molecule has 0 unspecified atom stereocenters. The molecule has 0 fully saturated rings. The Bertz CT molecular complexity index is 1250. The molecule has 2 heterocycles. The first-order chi connectivity index (χ1) is 14.1. The summed E-state index contributed by atoms with van der Waals surface area (Å²) in [5, 5.41) is 5.09. The van der Waals surface area contributed by atoms with E-state index in [0.717, 1.165) is 16.9 Å². The smallest absolute Gasteiger partial charge is 0.262 e. The summed E-state index contributed by atoms with van der Waals surface area (Å²) in [5.41, 5.74) is 6.21. The first-order valence-electron chi connectivity index (χ1n) is 9.20. The number of aryl methyl sites for hydroxylation is 1. The van der Waals surface area contributed by atoms with E-state index in [4.69, 9.17) is 4.42 Å². The largest absolute Gasteiger partial charge is 0.465 e. The lowest BCUT2D eigenvalue weighted by atomic mass is 10.1. The van der Waals surface area contributed by atoms with Gasteiger partial charge in [-0.25, -0.2) is 10.4 Å². The minimum Gasteiger partial charge on any atom is -0.465 e. The van der Waals surface area contributed by atoms with Crippen molar-refractivity contribution in [3.05, 3.63) is 100 Å². The van der Waals surface area contributed by atoms with E-state index in [2.05, 4.69) is 15.5 Å². The van der Waals surface area contributed by atoms with Crippen molar-refractivity contribution in [2.45, 2.75) is 6.92 Å². The number of para-hydroxylation sites is 1. The summed E-state index contributed by atoms with van der Waals surface area (Å²) in [7, 11) is 1.67. The minimum absolute atomic E-state index is 0.128. The Labute approximate surface area is 167 Å². The Morgan fingerprint density at radius 2 is 1.90 bits per heavy atom. The van der Waals surface area contributed by atoms with Gasteiger partial charge in [0.05, 0.1) is 22.9 Å². The van der Waals surface area contributed by atoms with Crippen molar-refractivity contribution in [3.8, 4) is 0 Å². The zero-order valence-electron chi connectivity index (χ0n) is 16.2. The molecule has 2 aromatic carbocycles. The van der Waals surface area contributed by atoms with Gasteiger partial charge in [0.1, 0.15) is 5.76 Å². The van der Waals surface area contributed by atoms with E-state index in [1.54, 1.807) is 19.4 Å². The summed E-state index contributed by atoms with van der Waals surface area (Å²) in [4.78, 5) is 17.1. The fraction of sp³-hybridized carbons (Fsp3) is 0.0870. The predicted octanol–water partition coefficient (Wildman–Crippen LogP) is 4.36. The van der Waals surface area contributed by atoms with Crippen LogP contribution in [0.1, 0.15) is 16.9 Å². The molecule has 0 radical (unpaired) electrons. The lowest BCUT2D eigenvalue weighted by Gasteiger charge is -2.09. The second-order valence-corrected chi connectivity index (χ2v) is 6.64. The molecule has 4 aromatic rings. The average Bonchev–Trinajstić information content (AvgIpc) is 3.26. The number of rotatable bonds is 5. The number of nitrogens with zero attached hydrogens (tertiary/aromatic N) is 3. The van der Waals surface area contributed by atoms with Crippen molar-refractivity contribution in [3.63, 3.8) is 0 Å². The number of anilines is 1. The molecule has 29 heavy (non-hydrogen) atoms. The molecule has 144 valence electrons. The number of hydrogen-bond acceptors (Lipinski definition) is 5. The first-order valence-corrected chi connectivity index (χ1v) is 9.20. The van der Waals surface area contributed by atoms with E-state index >= 15 is 0 Å². The highest BCUT2D eigenvalue weighted by molar-refractivity contribution is 6.10. The number of benzene rings is 2. The van der Waals surface area contributed by atoms with E-state index in [-0.39, 0.29) is 5.56 Å². The molecular formula is C23H20N4O2. The number of furan rings is 1. The SMILES string of the molecule is Cc1ccc(C(/C=C/c2ccco2)=N\Nc2nc3ccccc3c(=O)n2C)cc1. The van der Waals surface area contributed by atoms with Crippen molar-refractivity contribution in [2.24, 2.45) is 12.1 Å². The molecule has 6 nitrogen and oxygen atoms in total. The van der Waals surface area contributed by atoms with Gasteiger partial charge in [-0.2, -0.15) is 5.10 Å². The molecule has 0 aliphatic heterocycles. The van der Waals surface area contributed by atoms with Gasteiger partial charge >= 0.3 is 0 Å². The van der Waals surface area contributed by atoms with Crippen LogP contribution in [0.5, 0.6) is 0 Å². The van der Waals surface area contributed by atoms with E-state index in [1.807, 2.05) is 73.7 Å². The van der Waals surface area contributed by atoms with Crippen LogP contribution >= 0.6 is 0 Å². The third-order valence-electron chi connectivity index (χ3n) is 4.56. The first kappa shape index (κ1) is 18.4. The van der Waals surface area contributed by atoms with Crippen LogP contribution in [0.15, 0.2) is 87.3 Å². The van der Waals surface area contributed by atoms with Crippen LogP contribution in [0.3, 0.4) is 0 Å². The van der Waals surface area contributed by atoms with Gasteiger partial charge in [0, 0.05) is 12.6 Å². The highest BCUT2D eigenvalue weighted by atomic mass is 16.3. The van der Waals surface area contributed by atoms with Crippen LogP contribution in [0.2, 0.25) is 0 Å². The number of fused-ring (bicyclic) bond motifs is 1. The fourth-order valence-corrected chi connectivity index (χ4v) is 2.90. The summed E-state index contributed by atoms with van der Waals surface area (Å²) >= 11 is 0. The van der Waals surface area contributed by atoms with Crippen molar-refractivity contribution in [1.82, 2.24) is 9.55 Å². The minimum atomic E-state index is -0.128. The molecule has 2 aromatic heterocycles. The van der Waals surface area contributed by atoms with Crippen molar-refractivity contribution >= 4 is 28.6 Å². The van der Waals surface area contributed by atoms with Gasteiger partial charge < -0.3 is 4.42 Å². The maximum Gasteiger partial charge on any atom is 0.262 e. The lowest BCUT2D eigenvalue weighted by Crippen LogP contribution is -2.21. The van der Waals surface area contributed by atoms with Crippen LogP contribution in [0, 0.1) is 6.92 Å². The third kappa shape index (κ3) is 4.01. The second kappa shape index (κ2) is 7.98. The van der Waals surface area contributed by atoms with Gasteiger partial charge in [-0.3, -0.25) is 9.36 Å². The maximum atomic E-state index is 12.6. The molecule has 0 saturated carbocycles. The molecule has 0 aliphatic carbocycles. The molecule has 6 heteroatoms. The molecule has 0 bridgehead atoms. The van der Waals surface area contributed by atoms with Crippen LogP contribution in [-0.2, 0) is 7.05 Å². The van der Waals surface area contributed by atoms with Crippen LogP contribution in [0.25, 0.3) is 17.0 Å². The molecule has 0 saturated heterocycles. The van der Waals surface area contributed by atoms with Gasteiger partial charge in [0.15, 0.2) is 0 Å². The Balaban J connectivity index is 1.73. The van der Waals surface area contributed by atoms with Gasteiger partial charge in [-0.05, 0) is 43.3 Å². The highest BCUT2D eigenvalue weighted by Crippen LogP contribution is 2.12. The van der Waals surface area contributed by atoms with E-state index in [9.17, 15) is 4.79 Å². The quantitative estimate of drug-likeness (QED) is 0.410. The Morgan fingerprint density at radius 3 is 2.66 bits per heavy atom. The molecule has 1 N–H and O–H groups in total.